The van der Waals surface area contributed by atoms with Gasteiger partial charge in [0.05, 0.1) is 23.6 Å². The van der Waals surface area contributed by atoms with Gasteiger partial charge in [-0.15, -0.1) is 5.10 Å². The summed E-state index contributed by atoms with van der Waals surface area (Å²) in [5, 5.41) is 4.59. The van der Waals surface area contributed by atoms with Gasteiger partial charge in [-0.1, -0.05) is 41.3 Å². The number of carbonyl (C=O) groups excluding carboxylic acids is 1. The molecule has 2 heterocycles. The van der Waals surface area contributed by atoms with Gasteiger partial charge in [0.2, 0.25) is 5.91 Å². The third-order valence-corrected chi connectivity index (χ3v) is 6.31. The highest BCUT2D eigenvalue weighted by Gasteiger charge is 2.26. The van der Waals surface area contributed by atoms with Crippen LogP contribution in [-0.4, -0.2) is 51.6 Å². The number of rotatable bonds is 4. The Morgan fingerprint density at radius 2 is 2.04 bits per heavy atom. The van der Waals surface area contributed by atoms with Gasteiger partial charge >= 0.3 is 0 Å². The lowest BCUT2D eigenvalue weighted by atomic mass is 10.2. The second kappa shape index (κ2) is 7.99. The van der Waals surface area contributed by atoms with Crippen molar-refractivity contribution in [3.05, 3.63) is 33.8 Å². The van der Waals surface area contributed by atoms with E-state index in [1.807, 2.05) is 49.9 Å². The van der Waals surface area contributed by atoms with Crippen molar-refractivity contribution >= 4 is 41.2 Å². The summed E-state index contributed by atoms with van der Waals surface area (Å²) >= 11 is 8.33. The van der Waals surface area contributed by atoms with E-state index >= 15 is 0 Å². The fourth-order valence-electron chi connectivity index (χ4n) is 2.87. The van der Waals surface area contributed by atoms with Gasteiger partial charge in [-0.05, 0) is 44.6 Å². The molecule has 1 amide bonds. The maximum Gasteiger partial charge on any atom is 0.233 e. The van der Waals surface area contributed by atoms with Gasteiger partial charge in [-0.2, -0.15) is 0 Å². The van der Waals surface area contributed by atoms with Crippen LogP contribution >= 0.6 is 35.3 Å². The molecule has 0 saturated carbocycles. The number of para-hydroxylation sites is 1. The van der Waals surface area contributed by atoms with Crippen LogP contribution in [0.2, 0.25) is 0 Å². The Labute approximate surface area is 161 Å². The maximum absolute atomic E-state index is 12.5. The third kappa shape index (κ3) is 4.49. The zero-order valence-corrected chi connectivity index (χ0v) is 16.9. The Kier molecular flexibility index (Phi) is 5.93. The zero-order valence-electron chi connectivity index (χ0n) is 14.5. The number of hydrogen-bond donors (Lipinski definition) is 0. The summed E-state index contributed by atoms with van der Waals surface area (Å²) in [5.41, 5.74) is 2.10. The molecule has 0 unspecified atom stereocenters. The standard InChI is InChI=1S/C17H21N3O2S3/c1-11-6-4-5-7-14(11)20-17(23)25-16(18-20)24-10-15(21)19-8-12(2)22-13(3)9-19/h4-7,12-13H,8-10H2,1-3H3/t12-,13-/m0/s1. The number of thioether (sulfide) groups is 1. The maximum atomic E-state index is 12.5. The summed E-state index contributed by atoms with van der Waals surface area (Å²) in [6.07, 6.45) is 0.167. The molecule has 1 aromatic heterocycles. The van der Waals surface area contributed by atoms with Crippen LogP contribution in [0.15, 0.2) is 28.6 Å². The Hall–Kier alpha value is -1.22. The van der Waals surface area contributed by atoms with Crippen molar-refractivity contribution in [3.63, 3.8) is 0 Å². The van der Waals surface area contributed by atoms with E-state index in [1.54, 1.807) is 4.68 Å². The summed E-state index contributed by atoms with van der Waals surface area (Å²) in [4.78, 5) is 14.4. The van der Waals surface area contributed by atoms with Gasteiger partial charge in [0.15, 0.2) is 8.29 Å². The molecule has 1 aliphatic rings. The van der Waals surface area contributed by atoms with Crippen LogP contribution < -0.4 is 0 Å². The SMILES string of the molecule is Cc1ccccc1-n1nc(SCC(=O)N2C[C@H](C)O[C@@H](C)C2)sc1=S. The van der Waals surface area contributed by atoms with Gasteiger partial charge in [0.25, 0.3) is 0 Å². The second-order valence-corrected chi connectivity index (χ2v) is 9.02. The van der Waals surface area contributed by atoms with E-state index in [9.17, 15) is 4.79 Å². The lowest BCUT2D eigenvalue weighted by Crippen LogP contribution is -2.48. The van der Waals surface area contributed by atoms with Crippen molar-refractivity contribution in [2.45, 2.75) is 37.3 Å². The van der Waals surface area contributed by atoms with Crippen LogP contribution in [0.4, 0.5) is 0 Å². The number of nitrogens with zero attached hydrogens (tertiary/aromatic N) is 3. The first-order valence-corrected chi connectivity index (χ1v) is 10.4. The molecule has 1 aromatic carbocycles. The third-order valence-electron chi connectivity index (χ3n) is 3.96. The minimum atomic E-state index is 0.0834. The van der Waals surface area contributed by atoms with Crippen molar-refractivity contribution in [3.8, 4) is 5.69 Å². The number of carbonyl (C=O) groups is 1. The predicted molar refractivity (Wildman–Crippen MR) is 104 cm³/mol. The smallest absolute Gasteiger partial charge is 0.233 e. The highest BCUT2D eigenvalue weighted by atomic mass is 32.2. The molecule has 2 aromatic rings. The average molecular weight is 396 g/mol. The molecule has 25 heavy (non-hydrogen) atoms. The topological polar surface area (TPSA) is 47.4 Å². The Morgan fingerprint density at radius 3 is 2.72 bits per heavy atom. The molecule has 0 aliphatic carbocycles. The molecular weight excluding hydrogens is 374 g/mol. The van der Waals surface area contributed by atoms with Gasteiger partial charge in [-0.25, -0.2) is 4.68 Å². The summed E-state index contributed by atoms with van der Waals surface area (Å²) in [5.74, 6) is 0.491. The minimum Gasteiger partial charge on any atom is -0.372 e. The monoisotopic (exact) mass is 395 g/mol. The first kappa shape index (κ1) is 18.6. The molecule has 134 valence electrons. The van der Waals surface area contributed by atoms with E-state index in [-0.39, 0.29) is 18.1 Å². The lowest BCUT2D eigenvalue weighted by Gasteiger charge is -2.35. The summed E-state index contributed by atoms with van der Waals surface area (Å²) in [7, 11) is 0. The molecule has 0 bridgehead atoms. The summed E-state index contributed by atoms with van der Waals surface area (Å²) in [6, 6.07) is 8.00. The zero-order chi connectivity index (χ0) is 18.0. The van der Waals surface area contributed by atoms with Gasteiger partial charge < -0.3 is 9.64 Å². The molecule has 8 heteroatoms. The van der Waals surface area contributed by atoms with Crippen LogP contribution in [0.25, 0.3) is 5.69 Å². The Balaban J connectivity index is 1.66. The van der Waals surface area contributed by atoms with Crippen molar-refractivity contribution < 1.29 is 9.53 Å². The van der Waals surface area contributed by atoms with Crippen LogP contribution in [0.5, 0.6) is 0 Å². The van der Waals surface area contributed by atoms with Crippen molar-refractivity contribution in [1.82, 2.24) is 14.7 Å². The predicted octanol–water partition coefficient (Wildman–Crippen LogP) is 3.70. The number of hydrogen-bond acceptors (Lipinski definition) is 6. The van der Waals surface area contributed by atoms with E-state index in [0.29, 0.717) is 22.8 Å². The molecule has 1 saturated heterocycles. The fraction of sp³-hybridized carbons (Fsp3) is 0.471. The normalized spacial score (nSPS) is 20.7. The molecule has 3 rings (SSSR count). The van der Waals surface area contributed by atoms with E-state index in [4.69, 9.17) is 17.0 Å². The highest BCUT2D eigenvalue weighted by molar-refractivity contribution is 8.01. The Morgan fingerprint density at radius 1 is 1.36 bits per heavy atom. The number of amides is 1. The van der Waals surface area contributed by atoms with Crippen LogP contribution in [-0.2, 0) is 9.53 Å². The average Bonchev–Trinajstić information content (AvgIpc) is 2.93. The number of benzene rings is 1. The molecule has 1 aliphatic heterocycles. The highest BCUT2D eigenvalue weighted by Crippen LogP contribution is 2.25. The molecule has 5 nitrogen and oxygen atoms in total. The second-order valence-electron chi connectivity index (χ2n) is 6.18. The largest absolute Gasteiger partial charge is 0.372 e. The fourth-order valence-corrected chi connectivity index (χ4v) is 5.12. The van der Waals surface area contributed by atoms with E-state index in [1.165, 1.54) is 23.1 Å². The minimum absolute atomic E-state index is 0.0834. The number of aryl methyl sites for hydroxylation is 1. The molecule has 2 atom stereocenters. The quantitative estimate of drug-likeness (QED) is 0.584. The van der Waals surface area contributed by atoms with Gasteiger partial charge in [0, 0.05) is 13.1 Å². The van der Waals surface area contributed by atoms with E-state index < -0.39 is 0 Å². The van der Waals surface area contributed by atoms with Crippen molar-refractivity contribution in [2.75, 3.05) is 18.8 Å². The first-order chi connectivity index (χ1) is 11.9. The van der Waals surface area contributed by atoms with E-state index in [0.717, 1.165) is 15.6 Å². The van der Waals surface area contributed by atoms with Gasteiger partial charge in [0.1, 0.15) is 0 Å². The van der Waals surface area contributed by atoms with Crippen LogP contribution in [0.3, 0.4) is 0 Å². The summed E-state index contributed by atoms with van der Waals surface area (Å²) in [6.45, 7) is 7.33. The van der Waals surface area contributed by atoms with Crippen LogP contribution in [0, 0.1) is 10.9 Å². The molecule has 0 N–H and O–H groups in total. The number of aromatic nitrogens is 2. The van der Waals surface area contributed by atoms with E-state index in [2.05, 4.69) is 5.10 Å². The number of ether oxygens (including phenoxy) is 1. The molecule has 0 spiro atoms. The first-order valence-electron chi connectivity index (χ1n) is 8.16. The van der Waals surface area contributed by atoms with Crippen molar-refractivity contribution in [2.24, 2.45) is 0 Å². The molecule has 0 radical (unpaired) electrons. The van der Waals surface area contributed by atoms with Crippen LogP contribution in [0.1, 0.15) is 19.4 Å². The lowest BCUT2D eigenvalue weighted by molar-refractivity contribution is -0.140. The molecular formula is C17H21N3O2S3. The number of morpholine rings is 1. The van der Waals surface area contributed by atoms with Crippen molar-refractivity contribution in [1.29, 1.82) is 0 Å². The molecule has 1 fully saturated rings. The van der Waals surface area contributed by atoms with Gasteiger partial charge in [-0.3, -0.25) is 4.79 Å². The Bertz CT molecular complexity index is 807. The summed E-state index contributed by atoms with van der Waals surface area (Å²) < 4.78 is 8.97.